The highest BCUT2D eigenvalue weighted by Gasteiger charge is 2.16. The molecule has 17 heavy (non-hydrogen) atoms. The largest absolute Gasteiger partial charge is 0.373 e. The molecule has 0 heterocycles. The number of nitrogens with zero attached hydrogens (tertiary/aromatic N) is 2. The highest BCUT2D eigenvalue weighted by atomic mass is 35.5. The summed E-state index contributed by atoms with van der Waals surface area (Å²) in [7, 11) is 1.61. The first-order valence-corrected chi connectivity index (χ1v) is 7.16. The van der Waals surface area contributed by atoms with Gasteiger partial charge in [-0.3, -0.25) is 0 Å². The van der Waals surface area contributed by atoms with Gasteiger partial charge in [-0.1, -0.05) is 0 Å². The van der Waals surface area contributed by atoms with Gasteiger partial charge < -0.3 is 4.90 Å². The summed E-state index contributed by atoms with van der Waals surface area (Å²) in [5, 5.41) is 0. The molecule has 0 radical (unpaired) electrons. The third kappa shape index (κ3) is 3.34. The van der Waals surface area contributed by atoms with Crippen LogP contribution < -0.4 is 4.90 Å². The second kappa shape index (κ2) is 5.71. The molecule has 0 spiro atoms. The fourth-order valence-corrected chi connectivity index (χ4v) is 2.49. The Balaban J connectivity index is 2.96. The van der Waals surface area contributed by atoms with Gasteiger partial charge in [0.05, 0.1) is 4.90 Å². The van der Waals surface area contributed by atoms with Gasteiger partial charge in [0.25, 0.3) is 0 Å². The SMILES string of the molecule is CN(CCCl)c1ccc(S(=O)(=O)N(C)C)cc1. The zero-order valence-electron chi connectivity index (χ0n) is 10.2. The standard InChI is InChI=1S/C11H17ClN2O2S/c1-13(2)17(15,16)11-6-4-10(5-7-11)14(3)9-8-12/h4-7H,8-9H2,1-3H3. The molecular weight excluding hydrogens is 260 g/mol. The van der Waals surface area contributed by atoms with E-state index in [0.29, 0.717) is 10.8 Å². The van der Waals surface area contributed by atoms with Crippen LogP contribution in [0.15, 0.2) is 29.2 Å². The van der Waals surface area contributed by atoms with Crippen molar-refractivity contribution in [2.75, 3.05) is 38.5 Å². The lowest BCUT2D eigenvalue weighted by atomic mass is 10.3. The Morgan fingerprint density at radius 3 is 2.06 bits per heavy atom. The lowest BCUT2D eigenvalue weighted by Crippen LogP contribution is -2.23. The highest BCUT2D eigenvalue weighted by molar-refractivity contribution is 7.89. The Bertz CT molecular complexity index is 457. The van der Waals surface area contributed by atoms with Crippen LogP contribution >= 0.6 is 11.6 Å². The molecule has 0 aliphatic rings. The van der Waals surface area contributed by atoms with E-state index in [4.69, 9.17) is 11.6 Å². The molecule has 0 aromatic heterocycles. The fraction of sp³-hybridized carbons (Fsp3) is 0.455. The number of hydrogen-bond donors (Lipinski definition) is 0. The molecule has 1 aromatic rings. The molecule has 1 aromatic carbocycles. The summed E-state index contributed by atoms with van der Waals surface area (Å²) in [6, 6.07) is 6.77. The monoisotopic (exact) mass is 276 g/mol. The maximum atomic E-state index is 11.8. The van der Waals surface area contributed by atoms with E-state index < -0.39 is 10.0 Å². The second-order valence-corrected chi connectivity index (χ2v) is 6.42. The van der Waals surface area contributed by atoms with E-state index in [1.54, 1.807) is 24.3 Å². The van der Waals surface area contributed by atoms with E-state index in [0.717, 1.165) is 12.2 Å². The predicted molar refractivity (Wildman–Crippen MR) is 71.3 cm³/mol. The normalized spacial score (nSPS) is 11.8. The molecule has 4 nitrogen and oxygen atoms in total. The average molecular weight is 277 g/mol. The summed E-state index contributed by atoms with van der Waals surface area (Å²) in [5.41, 5.74) is 0.948. The van der Waals surface area contributed by atoms with Crippen molar-refractivity contribution in [3.05, 3.63) is 24.3 Å². The van der Waals surface area contributed by atoms with Gasteiger partial charge in [-0.25, -0.2) is 12.7 Å². The van der Waals surface area contributed by atoms with Crippen LogP contribution in [-0.4, -0.2) is 46.3 Å². The quantitative estimate of drug-likeness (QED) is 0.767. The lowest BCUT2D eigenvalue weighted by molar-refractivity contribution is 0.521. The van der Waals surface area contributed by atoms with Gasteiger partial charge in [-0.2, -0.15) is 0 Å². The Morgan fingerprint density at radius 1 is 1.12 bits per heavy atom. The van der Waals surface area contributed by atoms with Crippen LogP contribution in [0.1, 0.15) is 0 Å². The summed E-state index contributed by atoms with van der Waals surface area (Å²) in [5.74, 6) is 0.536. The Hall–Kier alpha value is -0.780. The zero-order chi connectivity index (χ0) is 13.1. The summed E-state index contributed by atoms with van der Waals surface area (Å²) in [4.78, 5) is 2.27. The second-order valence-electron chi connectivity index (χ2n) is 3.89. The Morgan fingerprint density at radius 2 is 1.65 bits per heavy atom. The maximum absolute atomic E-state index is 11.8. The highest BCUT2D eigenvalue weighted by Crippen LogP contribution is 2.18. The van der Waals surface area contributed by atoms with Crippen molar-refractivity contribution in [1.29, 1.82) is 0 Å². The molecule has 0 saturated heterocycles. The van der Waals surface area contributed by atoms with Crippen molar-refractivity contribution in [1.82, 2.24) is 4.31 Å². The molecule has 1 rings (SSSR count). The van der Waals surface area contributed by atoms with Crippen LogP contribution in [0.4, 0.5) is 5.69 Å². The van der Waals surface area contributed by atoms with Gasteiger partial charge in [-0.05, 0) is 24.3 Å². The van der Waals surface area contributed by atoms with Crippen molar-refractivity contribution < 1.29 is 8.42 Å². The topological polar surface area (TPSA) is 40.6 Å². The molecule has 0 amide bonds. The van der Waals surface area contributed by atoms with E-state index in [9.17, 15) is 8.42 Å². The van der Waals surface area contributed by atoms with Gasteiger partial charge in [0.15, 0.2) is 0 Å². The van der Waals surface area contributed by atoms with E-state index in [1.807, 2.05) is 11.9 Å². The summed E-state index contributed by atoms with van der Waals surface area (Å²) >= 11 is 5.65. The molecule has 0 aliphatic heterocycles. The van der Waals surface area contributed by atoms with Crippen molar-refractivity contribution in [2.24, 2.45) is 0 Å². The van der Waals surface area contributed by atoms with Crippen LogP contribution in [-0.2, 0) is 10.0 Å². The lowest BCUT2D eigenvalue weighted by Gasteiger charge is -2.18. The number of sulfonamides is 1. The number of hydrogen-bond acceptors (Lipinski definition) is 3. The average Bonchev–Trinajstić information content (AvgIpc) is 2.29. The van der Waals surface area contributed by atoms with E-state index in [2.05, 4.69) is 0 Å². The van der Waals surface area contributed by atoms with Crippen molar-refractivity contribution in [2.45, 2.75) is 4.90 Å². The third-order valence-corrected chi connectivity index (χ3v) is 4.47. The Kier molecular flexibility index (Phi) is 4.80. The summed E-state index contributed by atoms with van der Waals surface area (Å²) in [6.45, 7) is 0.724. The number of anilines is 1. The minimum atomic E-state index is -3.34. The molecular formula is C11H17ClN2O2S. The van der Waals surface area contributed by atoms with Crippen molar-refractivity contribution >= 4 is 27.3 Å². The minimum absolute atomic E-state index is 0.297. The Labute approximate surface area is 108 Å². The first-order valence-electron chi connectivity index (χ1n) is 5.19. The number of benzene rings is 1. The van der Waals surface area contributed by atoms with Gasteiger partial charge >= 0.3 is 0 Å². The maximum Gasteiger partial charge on any atom is 0.242 e. The van der Waals surface area contributed by atoms with Crippen LogP contribution in [0.5, 0.6) is 0 Å². The van der Waals surface area contributed by atoms with Crippen LogP contribution in [0.25, 0.3) is 0 Å². The first kappa shape index (κ1) is 14.3. The van der Waals surface area contributed by atoms with Crippen molar-refractivity contribution in [3.8, 4) is 0 Å². The molecule has 0 aliphatic carbocycles. The van der Waals surface area contributed by atoms with Crippen LogP contribution in [0.3, 0.4) is 0 Å². The van der Waals surface area contributed by atoms with Gasteiger partial charge in [0, 0.05) is 39.3 Å². The van der Waals surface area contributed by atoms with E-state index in [1.165, 1.54) is 18.4 Å². The first-order chi connectivity index (χ1) is 7.89. The smallest absolute Gasteiger partial charge is 0.242 e. The molecule has 6 heteroatoms. The molecule has 0 atom stereocenters. The minimum Gasteiger partial charge on any atom is -0.373 e. The van der Waals surface area contributed by atoms with E-state index in [-0.39, 0.29) is 0 Å². The number of halogens is 1. The predicted octanol–water partition coefficient (Wildman–Crippen LogP) is 1.61. The summed E-state index contributed by atoms with van der Waals surface area (Å²) in [6.07, 6.45) is 0. The van der Waals surface area contributed by atoms with Gasteiger partial charge in [-0.15, -0.1) is 11.6 Å². The summed E-state index contributed by atoms with van der Waals surface area (Å²) < 4.78 is 24.9. The van der Waals surface area contributed by atoms with Gasteiger partial charge in [0.1, 0.15) is 0 Å². The molecule has 0 bridgehead atoms. The third-order valence-electron chi connectivity index (χ3n) is 2.48. The fourth-order valence-electron chi connectivity index (χ4n) is 1.34. The zero-order valence-corrected chi connectivity index (χ0v) is 11.8. The number of alkyl halides is 1. The molecule has 0 N–H and O–H groups in total. The van der Waals surface area contributed by atoms with Crippen LogP contribution in [0, 0.1) is 0 Å². The van der Waals surface area contributed by atoms with Gasteiger partial charge in [0.2, 0.25) is 10.0 Å². The van der Waals surface area contributed by atoms with Crippen molar-refractivity contribution in [3.63, 3.8) is 0 Å². The molecule has 0 fully saturated rings. The van der Waals surface area contributed by atoms with E-state index >= 15 is 0 Å². The molecule has 0 saturated carbocycles. The van der Waals surface area contributed by atoms with Crippen LogP contribution in [0.2, 0.25) is 0 Å². The number of rotatable bonds is 5. The molecule has 0 unspecified atom stereocenters. The molecule has 96 valence electrons.